The van der Waals surface area contributed by atoms with E-state index in [-0.39, 0.29) is 18.5 Å². The fraction of sp³-hybridized carbons (Fsp3) is 0.231. The quantitative estimate of drug-likeness (QED) is 0.411. The number of anilines is 1. The van der Waals surface area contributed by atoms with E-state index in [4.69, 9.17) is 0 Å². The smallest absolute Gasteiger partial charge is 0.253 e. The summed E-state index contributed by atoms with van der Waals surface area (Å²) in [5, 5.41) is 11.3. The summed E-state index contributed by atoms with van der Waals surface area (Å²) in [5.41, 5.74) is 4.25. The van der Waals surface area contributed by atoms with E-state index in [1.54, 1.807) is 40.4 Å². The molecule has 0 aliphatic carbocycles. The number of nitrogens with one attached hydrogen (secondary N) is 1. The predicted octanol–water partition coefficient (Wildman–Crippen LogP) is 4.73. The molecule has 2 atom stereocenters. The Balaban J connectivity index is 1.65. The van der Waals surface area contributed by atoms with Crippen molar-refractivity contribution >= 4 is 27.0 Å². The fourth-order valence-electron chi connectivity index (χ4n) is 4.69. The van der Waals surface area contributed by atoms with Crippen molar-refractivity contribution in [2.75, 3.05) is 11.4 Å². The Kier molecular flexibility index (Phi) is 6.43. The molecule has 7 nitrogen and oxygen atoms in total. The molecule has 9 heteroatoms. The standard InChI is InChI=1S/C26H25N5O2S2/c1-19(21-6-3-2-4-7-21)25-17-30(16-23-14-28-18-29-23)24-10-9-20(13-27)12-22(24)15-31(25)35(32,33)26-8-5-11-34-26/h2-12,14,18-19,25H,15-17H2,1H3,(H,28,29)/t19-,25?/m0/s1. The molecule has 4 aromatic rings. The molecular weight excluding hydrogens is 478 g/mol. The number of aromatic nitrogens is 2. The molecule has 1 N–H and O–H groups in total. The molecule has 3 heterocycles. The third-order valence-electron chi connectivity index (χ3n) is 6.53. The van der Waals surface area contributed by atoms with Gasteiger partial charge in [-0.15, -0.1) is 11.3 Å². The molecule has 2 aromatic heterocycles. The molecule has 1 unspecified atom stereocenters. The lowest BCUT2D eigenvalue weighted by molar-refractivity contribution is 0.288. The predicted molar refractivity (Wildman–Crippen MR) is 136 cm³/mol. The van der Waals surface area contributed by atoms with Crippen LogP contribution in [-0.2, 0) is 23.1 Å². The maximum Gasteiger partial charge on any atom is 0.253 e. The second kappa shape index (κ2) is 9.66. The number of fused-ring (bicyclic) bond motifs is 1. The monoisotopic (exact) mass is 503 g/mol. The van der Waals surface area contributed by atoms with E-state index in [0.29, 0.717) is 22.9 Å². The van der Waals surface area contributed by atoms with Gasteiger partial charge in [-0.2, -0.15) is 9.57 Å². The van der Waals surface area contributed by atoms with Gasteiger partial charge in [0.2, 0.25) is 0 Å². The normalized spacial score (nSPS) is 17.4. The van der Waals surface area contributed by atoms with E-state index < -0.39 is 10.0 Å². The number of aromatic amines is 1. The molecule has 5 rings (SSSR count). The van der Waals surface area contributed by atoms with Crippen LogP contribution in [0.3, 0.4) is 0 Å². The van der Waals surface area contributed by atoms with Crippen LogP contribution in [0.1, 0.15) is 35.2 Å². The molecule has 0 bridgehead atoms. The summed E-state index contributed by atoms with van der Waals surface area (Å²) in [5.74, 6) is -0.0695. The molecule has 178 valence electrons. The average molecular weight is 504 g/mol. The molecular formula is C26H25N5O2S2. The Morgan fingerprint density at radius 3 is 2.71 bits per heavy atom. The number of sulfonamides is 1. The molecule has 1 aliphatic rings. The molecule has 0 saturated carbocycles. The SMILES string of the molecule is C[C@@H](c1ccccc1)C1CN(Cc2cnc[nH]2)c2ccc(C#N)cc2CN1S(=O)(=O)c1cccs1. The van der Waals surface area contributed by atoms with Crippen LogP contribution in [0.4, 0.5) is 5.69 Å². The van der Waals surface area contributed by atoms with E-state index in [9.17, 15) is 13.7 Å². The van der Waals surface area contributed by atoms with Crippen LogP contribution in [-0.4, -0.2) is 35.3 Å². The van der Waals surface area contributed by atoms with Gasteiger partial charge in [-0.25, -0.2) is 13.4 Å². The number of imidazole rings is 1. The number of rotatable bonds is 6. The third-order valence-corrected chi connectivity index (χ3v) is 9.77. The summed E-state index contributed by atoms with van der Waals surface area (Å²) in [6.07, 6.45) is 3.43. The highest BCUT2D eigenvalue weighted by Crippen LogP contribution is 2.37. The maximum atomic E-state index is 14.0. The average Bonchev–Trinajstić information content (AvgIpc) is 3.58. The number of benzene rings is 2. The topological polar surface area (TPSA) is 93.1 Å². The molecule has 0 spiro atoms. The summed E-state index contributed by atoms with van der Waals surface area (Å²) in [7, 11) is -3.77. The van der Waals surface area contributed by atoms with Gasteiger partial charge >= 0.3 is 0 Å². The van der Waals surface area contributed by atoms with Crippen LogP contribution in [0.25, 0.3) is 0 Å². The zero-order valence-corrected chi connectivity index (χ0v) is 20.8. The van der Waals surface area contributed by atoms with Gasteiger partial charge < -0.3 is 9.88 Å². The first-order chi connectivity index (χ1) is 17.0. The van der Waals surface area contributed by atoms with Gasteiger partial charge in [0, 0.05) is 31.0 Å². The minimum atomic E-state index is -3.77. The van der Waals surface area contributed by atoms with Crippen LogP contribution in [0.5, 0.6) is 0 Å². The highest BCUT2D eigenvalue weighted by atomic mass is 32.2. The molecule has 0 fully saturated rings. The lowest BCUT2D eigenvalue weighted by Gasteiger charge is -2.35. The lowest BCUT2D eigenvalue weighted by atomic mass is 9.93. The van der Waals surface area contributed by atoms with Crippen LogP contribution in [0.15, 0.2) is 82.8 Å². The van der Waals surface area contributed by atoms with Gasteiger partial charge in [0.05, 0.1) is 30.2 Å². The Morgan fingerprint density at radius 2 is 2.03 bits per heavy atom. The van der Waals surface area contributed by atoms with Crippen LogP contribution in [0, 0.1) is 11.3 Å². The first-order valence-electron chi connectivity index (χ1n) is 11.3. The van der Waals surface area contributed by atoms with E-state index >= 15 is 0 Å². The zero-order valence-electron chi connectivity index (χ0n) is 19.2. The van der Waals surface area contributed by atoms with Gasteiger partial charge in [-0.05, 0) is 46.7 Å². The Bertz CT molecular complexity index is 1430. The third kappa shape index (κ3) is 4.60. The number of nitrogens with zero attached hydrogens (tertiary/aromatic N) is 4. The van der Waals surface area contributed by atoms with Gasteiger partial charge in [0.1, 0.15) is 4.21 Å². The van der Waals surface area contributed by atoms with E-state index in [1.807, 2.05) is 42.5 Å². The van der Waals surface area contributed by atoms with Crippen molar-refractivity contribution in [3.63, 3.8) is 0 Å². The first kappa shape index (κ1) is 23.3. The van der Waals surface area contributed by atoms with Gasteiger partial charge in [-0.1, -0.05) is 43.3 Å². The van der Waals surface area contributed by atoms with Crippen LogP contribution < -0.4 is 4.90 Å². The molecule has 35 heavy (non-hydrogen) atoms. The van der Waals surface area contributed by atoms with Crippen molar-refractivity contribution in [3.05, 3.63) is 101 Å². The summed E-state index contributed by atoms with van der Waals surface area (Å²) in [4.78, 5) is 9.51. The van der Waals surface area contributed by atoms with Crippen molar-refractivity contribution in [2.24, 2.45) is 0 Å². The summed E-state index contributed by atoms with van der Waals surface area (Å²) < 4.78 is 29.9. The Labute approximate surface area is 209 Å². The Hall–Kier alpha value is -3.45. The second-order valence-corrected chi connectivity index (χ2v) is 11.7. The molecule has 2 aromatic carbocycles. The van der Waals surface area contributed by atoms with Crippen molar-refractivity contribution in [3.8, 4) is 6.07 Å². The number of hydrogen-bond acceptors (Lipinski definition) is 6. The lowest BCUT2D eigenvalue weighted by Crippen LogP contribution is -2.47. The molecule has 1 aliphatic heterocycles. The molecule has 0 amide bonds. The van der Waals surface area contributed by atoms with Gasteiger partial charge in [0.15, 0.2) is 0 Å². The van der Waals surface area contributed by atoms with E-state index in [1.165, 1.54) is 11.3 Å². The summed E-state index contributed by atoms with van der Waals surface area (Å²) in [6.45, 7) is 3.30. The second-order valence-electron chi connectivity index (χ2n) is 8.66. The highest BCUT2D eigenvalue weighted by molar-refractivity contribution is 7.91. The van der Waals surface area contributed by atoms with Gasteiger partial charge in [-0.3, -0.25) is 0 Å². The summed E-state index contributed by atoms with van der Waals surface area (Å²) >= 11 is 1.22. The molecule has 0 saturated heterocycles. The zero-order chi connectivity index (χ0) is 24.4. The van der Waals surface area contributed by atoms with Crippen molar-refractivity contribution in [1.29, 1.82) is 5.26 Å². The van der Waals surface area contributed by atoms with Crippen molar-refractivity contribution in [1.82, 2.24) is 14.3 Å². The summed E-state index contributed by atoms with van der Waals surface area (Å²) in [6, 6.07) is 20.8. The largest absolute Gasteiger partial charge is 0.364 e. The maximum absolute atomic E-state index is 14.0. The molecule has 0 radical (unpaired) electrons. The highest BCUT2D eigenvalue weighted by Gasteiger charge is 2.40. The van der Waals surface area contributed by atoms with Crippen molar-refractivity contribution < 1.29 is 8.42 Å². The Morgan fingerprint density at radius 1 is 1.20 bits per heavy atom. The van der Waals surface area contributed by atoms with Crippen LogP contribution in [0.2, 0.25) is 0 Å². The number of hydrogen-bond donors (Lipinski definition) is 1. The van der Waals surface area contributed by atoms with E-state index in [2.05, 4.69) is 27.9 Å². The van der Waals surface area contributed by atoms with E-state index in [0.717, 1.165) is 22.5 Å². The minimum Gasteiger partial charge on any atom is -0.364 e. The number of H-pyrrole nitrogens is 1. The number of nitriles is 1. The van der Waals surface area contributed by atoms with Crippen molar-refractivity contribution in [2.45, 2.75) is 36.2 Å². The number of thiophene rings is 1. The first-order valence-corrected chi connectivity index (χ1v) is 13.6. The van der Waals surface area contributed by atoms with Gasteiger partial charge in [0.25, 0.3) is 10.0 Å². The fourth-order valence-corrected chi connectivity index (χ4v) is 7.48. The van der Waals surface area contributed by atoms with Crippen LogP contribution >= 0.6 is 11.3 Å². The minimum absolute atomic E-state index is 0.0695.